The molecule has 2 heterocycles. The number of unbranched alkanes of at least 4 members (excludes halogenated alkanes) is 1. The first kappa shape index (κ1) is 17.4. The molecule has 0 spiro atoms. The van der Waals surface area contributed by atoms with E-state index in [2.05, 4.69) is 17.1 Å². The summed E-state index contributed by atoms with van der Waals surface area (Å²) < 4.78 is 21.1. The van der Waals surface area contributed by atoms with Gasteiger partial charge in [0.05, 0.1) is 17.6 Å². The van der Waals surface area contributed by atoms with Gasteiger partial charge in [0.25, 0.3) is 0 Å². The number of carbonyl (C=O) groups is 1. The van der Waals surface area contributed by atoms with E-state index in [1.165, 1.54) is 23.9 Å². The third kappa shape index (κ3) is 3.99. The van der Waals surface area contributed by atoms with Crippen LogP contribution in [-0.4, -0.2) is 26.3 Å². The van der Waals surface area contributed by atoms with Gasteiger partial charge >= 0.3 is 0 Å². The number of furan rings is 1. The molecule has 7 heteroatoms. The van der Waals surface area contributed by atoms with E-state index in [9.17, 15) is 9.18 Å². The highest BCUT2D eigenvalue weighted by Crippen LogP contribution is 2.25. The van der Waals surface area contributed by atoms with Crippen LogP contribution in [0.3, 0.4) is 0 Å². The molecule has 0 saturated heterocycles. The van der Waals surface area contributed by atoms with Crippen LogP contribution in [0.25, 0.3) is 11.6 Å². The Morgan fingerprint density at radius 2 is 2.08 bits per heavy atom. The number of carbonyl (C=O) groups excluding carboxylic acids is 1. The minimum Gasteiger partial charge on any atom is -0.461 e. The molecular weight excluding hydrogens is 341 g/mol. The van der Waals surface area contributed by atoms with Crippen molar-refractivity contribution in [2.45, 2.75) is 31.5 Å². The maximum absolute atomic E-state index is 13.7. The summed E-state index contributed by atoms with van der Waals surface area (Å²) in [5, 5.41) is 9.01. The predicted molar refractivity (Wildman–Crippen MR) is 94.1 cm³/mol. The molecule has 2 aromatic heterocycles. The molecule has 3 aromatic rings. The molecule has 0 aliphatic rings. The standard InChI is InChI=1S/C18H18FN3O2S/c1-2-3-10-22-17(16-9-6-11-24-16)20-21-18(22)25-12-15(23)13-7-4-5-8-14(13)19/h4-9,11H,2-3,10,12H2,1H3. The van der Waals surface area contributed by atoms with E-state index in [1.807, 2.05) is 10.6 Å². The number of Topliss-reactive ketones (excluding diaryl/α,β-unsaturated/α-hetero) is 1. The van der Waals surface area contributed by atoms with Crippen molar-refractivity contribution in [1.82, 2.24) is 14.8 Å². The highest BCUT2D eigenvalue weighted by atomic mass is 32.2. The van der Waals surface area contributed by atoms with E-state index in [0.717, 1.165) is 19.4 Å². The number of ketones is 1. The van der Waals surface area contributed by atoms with E-state index >= 15 is 0 Å². The number of rotatable bonds is 8. The lowest BCUT2D eigenvalue weighted by atomic mass is 10.1. The number of thioether (sulfide) groups is 1. The summed E-state index contributed by atoms with van der Waals surface area (Å²) in [5.74, 6) is 0.600. The molecule has 5 nitrogen and oxygen atoms in total. The minimum absolute atomic E-state index is 0.0980. The molecule has 0 saturated carbocycles. The van der Waals surface area contributed by atoms with Crippen LogP contribution in [0.4, 0.5) is 4.39 Å². The van der Waals surface area contributed by atoms with Crippen LogP contribution in [0.2, 0.25) is 0 Å². The summed E-state index contributed by atoms with van der Waals surface area (Å²) in [6, 6.07) is 9.62. The van der Waals surface area contributed by atoms with Crippen molar-refractivity contribution < 1.29 is 13.6 Å². The Morgan fingerprint density at radius 3 is 2.80 bits per heavy atom. The van der Waals surface area contributed by atoms with Crippen LogP contribution in [0.15, 0.2) is 52.2 Å². The fourth-order valence-corrected chi connectivity index (χ4v) is 3.24. The molecule has 0 fully saturated rings. The molecule has 1 aromatic carbocycles. The van der Waals surface area contributed by atoms with Gasteiger partial charge in [-0.25, -0.2) is 4.39 Å². The third-order valence-electron chi connectivity index (χ3n) is 3.70. The molecule has 0 aliphatic heterocycles. The Morgan fingerprint density at radius 1 is 1.24 bits per heavy atom. The Balaban J connectivity index is 1.78. The maximum atomic E-state index is 13.7. The molecule has 3 rings (SSSR count). The quantitative estimate of drug-likeness (QED) is 0.439. The molecule has 0 atom stereocenters. The average Bonchev–Trinajstić information content (AvgIpc) is 3.27. The highest BCUT2D eigenvalue weighted by molar-refractivity contribution is 7.99. The molecule has 0 N–H and O–H groups in total. The highest BCUT2D eigenvalue weighted by Gasteiger charge is 2.18. The van der Waals surface area contributed by atoms with Crippen LogP contribution in [0, 0.1) is 5.82 Å². The van der Waals surface area contributed by atoms with E-state index in [1.54, 1.807) is 24.5 Å². The summed E-state index contributed by atoms with van der Waals surface area (Å²) in [6.45, 7) is 2.83. The van der Waals surface area contributed by atoms with Crippen LogP contribution < -0.4 is 0 Å². The number of hydrogen-bond donors (Lipinski definition) is 0. The molecule has 0 unspecified atom stereocenters. The normalized spacial score (nSPS) is 11.0. The lowest BCUT2D eigenvalue weighted by Gasteiger charge is -2.08. The van der Waals surface area contributed by atoms with Crippen LogP contribution >= 0.6 is 11.8 Å². The van der Waals surface area contributed by atoms with Gasteiger partial charge in [-0.15, -0.1) is 10.2 Å². The number of halogens is 1. The SMILES string of the molecule is CCCCn1c(SCC(=O)c2ccccc2F)nnc1-c1ccco1. The second-order valence-electron chi connectivity index (χ2n) is 5.48. The first-order valence-electron chi connectivity index (χ1n) is 8.08. The second kappa shape index (κ2) is 8.11. The molecule has 0 radical (unpaired) electrons. The molecule has 0 amide bonds. The summed E-state index contributed by atoms with van der Waals surface area (Å²) in [4.78, 5) is 12.3. The largest absolute Gasteiger partial charge is 0.461 e. The smallest absolute Gasteiger partial charge is 0.200 e. The molecule has 25 heavy (non-hydrogen) atoms. The zero-order valence-corrected chi connectivity index (χ0v) is 14.6. The van der Waals surface area contributed by atoms with Gasteiger partial charge in [-0.05, 0) is 30.7 Å². The van der Waals surface area contributed by atoms with Gasteiger partial charge in [-0.3, -0.25) is 9.36 Å². The minimum atomic E-state index is -0.503. The predicted octanol–water partition coefficient (Wildman–Crippen LogP) is 4.45. The van der Waals surface area contributed by atoms with Crippen LogP contribution in [-0.2, 0) is 6.54 Å². The Labute approximate surface area is 149 Å². The fourth-order valence-electron chi connectivity index (χ4n) is 2.40. The van der Waals surface area contributed by atoms with Crippen molar-refractivity contribution in [3.63, 3.8) is 0 Å². The topological polar surface area (TPSA) is 60.9 Å². The Kier molecular flexibility index (Phi) is 5.65. The van der Waals surface area contributed by atoms with Gasteiger partial charge < -0.3 is 4.42 Å². The van der Waals surface area contributed by atoms with Crippen molar-refractivity contribution in [2.75, 3.05) is 5.75 Å². The first-order valence-corrected chi connectivity index (χ1v) is 9.07. The Bertz CT molecular complexity index is 846. The zero-order chi connectivity index (χ0) is 17.6. The van der Waals surface area contributed by atoms with Crippen molar-refractivity contribution in [3.8, 4) is 11.6 Å². The molecule has 0 bridgehead atoms. The summed E-state index contributed by atoms with van der Waals surface area (Å²) >= 11 is 1.26. The van der Waals surface area contributed by atoms with Crippen LogP contribution in [0.1, 0.15) is 30.1 Å². The lowest BCUT2D eigenvalue weighted by molar-refractivity contribution is 0.101. The van der Waals surface area contributed by atoms with Gasteiger partial charge in [0.2, 0.25) is 0 Å². The van der Waals surface area contributed by atoms with Crippen molar-refractivity contribution >= 4 is 17.5 Å². The van der Waals surface area contributed by atoms with Gasteiger partial charge in [0.1, 0.15) is 5.82 Å². The molecular formula is C18H18FN3O2S. The van der Waals surface area contributed by atoms with Gasteiger partial charge in [-0.2, -0.15) is 0 Å². The summed E-state index contributed by atoms with van der Waals surface area (Å²) in [6.07, 6.45) is 3.57. The van der Waals surface area contributed by atoms with Gasteiger partial charge in [-0.1, -0.05) is 37.2 Å². The Hall–Kier alpha value is -2.41. The van der Waals surface area contributed by atoms with E-state index in [4.69, 9.17) is 4.42 Å². The number of benzene rings is 1. The first-order chi connectivity index (χ1) is 12.2. The van der Waals surface area contributed by atoms with Gasteiger partial charge in [0.15, 0.2) is 22.5 Å². The van der Waals surface area contributed by atoms with E-state index in [-0.39, 0.29) is 17.1 Å². The van der Waals surface area contributed by atoms with Crippen LogP contribution in [0.5, 0.6) is 0 Å². The van der Waals surface area contributed by atoms with Crippen molar-refractivity contribution in [3.05, 3.63) is 54.0 Å². The number of hydrogen-bond acceptors (Lipinski definition) is 5. The maximum Gasteiger partial charge on any atom is 0.200 e. The zero-order valence-electron chi connectivity index (χ0n) is 13.8. The number of aromatic nitrogens is 3. The summed E-state index contributed by atoms with van der Waals surface area (Å²) in [7, 11) is 0. The molecule has 130 valence electrons. The second-order valence-corrected chi connectivity index (χ2v) is 6.42. The van der Waals surface area contributed by atoms with Crippen molar-refractivity contribution in [2.24, 2.45) is 0 Å². The monoisotopic (exact) mass is 359 g/mol. The fraction of sp³-hybridized carbons (Fsp3) is 0.278. The van der Waals surface area contributed by atoms with E-state index in [0.29, 0.717) is 16.7 Å². The van der Waals surface area contributed by atoms with Gasteiger partial charge in [0, 0.05) is 6.54 Å². The molecule has 0 aliphatic carbocycles. The lowest BCUT2D eigenvalue weighted by Crippen LogP contribution is -2.07. The van der Waals surface area contributed by atoms with E-state index < -0.39 is 5.82 Å². The summed E-state index contributed by atoms with van der Waals surface area (Å²) in [5.41, 5.74) is 0.0980. The van der Waals surface area contributed by atoms with Crippen molar-refractivity contribution in [1.29, 1.82) is 0 Å². The third-order valence-corrected chi connectivity index (χ3v) is 4.67. The average molecular weight is 359 g/mol. The number of nitrogens with zero attached hydrogens (tertiary/aromatic N) is 3.